The Bertz CT molecular complexity index is 562. The first kappa shape index (κ1) is 15.8. The van der Waals surface area contributed by atoms with Crippen LogP contribution < -0.4 is 10.1 Å². The standard InChI is InChI=1S/C15H19BrN2O3/c1-9-6-14(19)17-10(2)15(20)18(9)8-11-7-12(16)4-5-13(11)21-3/h4-5,7,9-10H,6,8H2,1-3H3,(H,17,19). The van der Waals surface area contributed by atoms with E-state index in [-0.39, 0.29) is 17.9 Å². The van der Waals surface area contributed by atoms with E-state index < -0.39 is 6.04 Å². The predicted octanol–water partition coefficient (Wildman–Crippen LogP) is 2.08. The topological polar surface area (TPSA) is 58.6 Å². The van der Waals surface area contributed by atoms with E-state index in [2.05, 4.69) is 21.2 Å². The van der Waals surface area contributed by atoms with E-state index in [0.717, 1.165) is 15.8 Å². The molecule has 6 heteroatoms. The van der Waals surface area contributed by atoms with Crippen LogP contribution in [0.4, 0.5) is 0 Å². The van der Waals surface area contributed by atoms with Crippen LogP contribution in [0.2, 0.25) is 0 Å². The second-order valence-corrected chi connectivity index (χ2v) is 6.18. The van der Waals surface area contributed by atoms with Crippen molar-refractivity contribution < 1.29 is 14.3 Å². The summed E-state index contributed by atoms with van der Waals surface area (Å²) in [6.45, 7) is 4.02. The van der Waals surface area contributed by atoms with Gasteiger partial charge in [-0.05, 0) is 32.0 Å². The largest absolute Gasteiger partial charge is 0.496 e. The van der Waals surface area contributed by atoms with Gasteiger partial charge >= 0.3 is 0 Å². The van der Waals surface area contributed by atoms with Gasteiger partial charge in [-0.2, -0.15) is 0 Å². The third kappa shape index (κ3) is 3.56. The van der Waals surface area contributed by atoms with Crippen LogP contribution in [0.5, 0.6) is 5.75 Å². The number of halogens is 1. The molecule has 1 aliphatic heterocycles. The molecule has 0 bridgehead atoms. The molecule has 1 aromatic carbocycles. The first-order chi connectivity index (χ1) is 9.92. The van der Waals surface area contributed by atoms with E-state index in [1.54, 1.807) is 18.9 Å². The molecule has 0 saturated carbocycles. The highest BCUT2D eigenvalue weighted by Gasteiger charge is 2.31. The fourth-order valence-corrected chi connectivity index (χ4v) is 2.90. The summed E-state index contributed by atoms with van der Waals surface area (Å²) in [5.41, 5.74) is 0.911. The van der Waals surface area contributed by atoms with Gasteiger partial charge in [0.05, 0.1) is 7.11 Å². The number of carbonyl (C=O) groups is 2. The van der Waals surface area contributed by atoms with Crippen molar-refractivity contribution in [2.75, 3.05) is 7.11 Å². The summed E-state index contributed by atoms with van der Waals surface area (Å²) in [6.07, 6.45) is 0.312. The van der Waals surface area contributed by atoms with E-state index in [0.29, 0.717) is 13.0 Å². The number of benzene rings is 1. The van der Waals surface area contributed by atoms with Crippen LogP contribution in [0, 0.1) is 0 Å². The second kappa shape index (κ2) is 6.47. The molecule has 0 radical (unpaired) electrons. The predicted molar refractivity (Wildman–Crippen MR) is 82.9 cm³/mol. The fourth-order valence-electron chi connectivity index (χ4n) is 2.49. The molecule has 5 nitrogen and oxygen atoms in total. The van der Waals surface area contributed by atoms with Crippen LogP contribution in [-0.2, 0) is 16.1 Å². The number of amides is 2. The third-order valence-corrected chi connectivity index (χ3v) is 4.12. The van der Waals surface area contributed by atoms with Gasteiger partial charge in [-0.25, -0.2) is 0 Å². The number of nitrogens with zero attached hydrogens (tertiary/aromatic N) is 1. The number of ether oxygens (including phenoxy) is 1. The minimum atomic E-state index is -0.499. The minimum Gasteiger partial charge on any atom is -0.496 e. The highest BCUT2D eigenvalue weighted by atomic mass is 79.9. The van der Waals surface area contributed by atoms with Gasteiger partial charge in [-0.1, -0.05) is 15.9 Å². The minimum absolute atomic E-state index is 0.0737. The molecule has 2 unspecified atom stereocenters. The number of hydrogen-bond donors (Lipinski definition) is 1. The van der Waals surface area contributed by atoms with Crippen molar-refractivity contribution in [3.05, 3.63) is 28.2 Å². The van der Waals surface area contributed by atoms with Crippen LogP contribution in [0.15, 0.2) is 22.7 Å². The summed E-state index contributed by atoms with van der Waals surface area (Å²) in [4.78, 5) is 25.9. The lowest BCUT2D eigenvalue weighted by atomic mass is 10.1. The van der Waals surface area contributed by atoms with E-state index in [9.17, 15) is 9.59 Å². The SMILES string of the molecule is COc1ccc(Br)cc1CN1C(=O)C(C)NC(=O)CC1C. The van der Waals surface area contributed by atoms with Gasteiger partial charge in [-0.3, -0.25) is 9.59 Å². The van der Waals surface area contributed by atoms with E-state index in [1.165, 1.54) is 0 Å². The van der Waals surface area contributed by atoms with Crippen LogP contribution in [0.3, 0.4) is 0 Å². The lowest BCUT2D eigenvalue weighted by Crippen LogP contribution is -2.44. The van der Waals surface area contributed by atoms with Crippen molar-refractivity contribution in [3.63, 3.8) is 0 Å². The highest BCUT2D eigenvalue weighted by molar-refractivity contribution is 9.10. The number of methoxy groups -OCH3 is 1. The summed E-state index contributed by atoms with van der Waals surface area (Å²) < 4.78 is 6.28. The Labute approximate surface area is 132 Å². The van der Waals surface area contributed by atoms with E-state index >= 15 is 0 Å². The van der Waals surface area contributed by atoms with Crippen molar-refractivity contribution in [1.82, 2.24) is 10.2 Å². The highest BCUT2D eigenvalue weighted by Crippen LogP contribution is 2.26. The average molecular weight is 355 g/mol. The molecule has 2 atom stereocenters. The summed E-state index contributed by atoms with van der Waals surface area (Å²) in [5, 5.41) is 2.71. The van der Waals surface area contributed by atoms with Crippen LogP contribution in [0.25, 0.3) is 0 Å². The molecule has 21 heavy (non-hydrogen) atoms. The molecule has 114 valence electrons. The molecular weight excluding hydrogens is 336 g/mol. The average Bonchev–Trinajstić information content (AvgIpc) is 2.51. The van der Waals surface area contributed by atoms with E-state index in [4.69, 9.17) is 4.74 Å². The summed E-state index contributed by atoms with van der Waals surface area (Å²) in [5.74, 6) is 0.567. The quantitative estimate of drug-likeness (QED) is 0.903. The molecule has 1 saturated heterocycles. The zero-order valence-electron chi connectivity index (χ0n) is 12.4. The molecule has 1 N–H and O–H groups in total. The number of hydrogen-bond acceptors (Lipinski definition) is 3. The van der Waals surface area contributed by atoms with Gasteiger partial charge in [0, 0.05) is 29.0 Å². The zero-order valence-corrected chi connectivity index (χ0v) is 13.9. The lowest BCUT2D eigenvalue weighted by molar-refractivity contribution is -0.135. The van der Waals surface area contributed by atoms with Crippen molar-refractivity contribution in [2.45, 2.75) is 38.9 Å². The van der Waals surface area contributed by atoms with Crippen LogP contribution in [-0.4, -0.2) is 35.9 Å². The van der Waals surface area contributed by atoms with Crippen molar-refractivity contribution in [2.24, 2.45) is 0 Å². The molecule has 0 spiro atoms. The Morgan fingerprint density at radius 2 is 2.10 bits per heavy atom. The molecular formula is C15H19BrN2O3. The molecule has 2 amide bonds. The molecule has 1 aromatic rings. The molecule has 1 heterocycles. The number of carbonyl (C=O) groups excluding carboxylic acids is 2. The van der Waals surface area contributed by atoms with Gasteiger partial charge in [0.2, 0.25) is 11.8 Å². The molecule has 0 aromatic heterocycles. The molecule has 1 aliphatic rings. The second-order valence-electron chi connectivity index (χ2n) is 5.26. The third-order valence-electron chi connectivity index (χ3n) is 3.63. The molecule has 1 fully saturated rings. The Kier molecular flexibility index (Phi) is 4.88. The number of rotatable bonds is 3. The van der Waals surface area contributed by atoms with Crippen molar-refractivity contribution >= 4 is 27.7 Å². The molecule has 0 aliphatic carbocycles. The Morgan fingerprint density at radius 3 is 2.76 bits per heavy atom. The number of nitrogens with one attached hydrogen (secondary N) is 1. The van der Waals surface area contributed by atoms with Crippen molar-refractivity contribution in [3.8, 4) is 5.75 Å². The van der Waals surface area contributed by atoms with Gasteiger partial charge in [0.25, 0.3) is 0 Å². The van der Waals surface area contributed by atoms with Gasteiger partial charge in [0.1, 0.15) is 11.8 Å². The monoisotopic (exact) mass is 354 g/mol. The summed E-state index contributed by atoms with van der Waals surface area (Å²) >= 11 is 3.43. The lowest BCUT2D eigenvalue weighted by Gasteiger charge is -2.28. The van der Waals surface area contributed by atoms with E-state index in [1.807, 2.05) is 25.1 Å². The smallest absolute Gasteiger partial charge is 0.245 e. The first-order valence-electron chi connectivity index (χ1n) is 6.84. The van der Waals surface area contributed by atoms with Gasteiger partial charge in [-0.15, -0.1) is 0 Å². The van der Waals surface area contributed by atoms with Gasteiger partial charge < -0.3 is 15.0 Å². The normalized spacial score (nSPS) is 22.8. The van der Waals surface area contributed by atoms with Crippen LogP contribution >= 0.6 is 15.9 Å². The van der Waals surface area contributed by atoms with Gasteiger partial charge in [0.15, 0.2) is 0 Å². The fraction of sp³-hybridized carbons (Fsp3) is 0.467. The summed E-state index contributed by atoms with van der Waals surface area (Å²) in [6, 6.07) is 5.04. The maximum absolute atomic E-state index is 12.4. The summed E-state index contributed by atoms with van der Waals surface area (Å²) in [7, 11) is 1.61. The maximum Gasteiger partial charge on any atom is 0.245 e. The Hall–Kier alpha value is -1.56. The molecule has 2 rings (SSSR count). The Morgan fingerprint density at radius 1 is 1.38 bits per heavy atom. The first-order valence-corrected chi connectivity index (χ1v) is 7.64. The Balaban J connectivity index is 2.29. The zero-order chi connectivity index (χ0) is 15.6. The maximum atomic E-state index is 12.4. The van der Waals surface area contributed by atoms with Crippen LogP contribution in [0.1, 0.15) is 25.8 Å². The van der Waals surface area contributed by atoms with Crippen molar-refractivity contribution in [1.29, 1.82) is 0 Å².